The van der Waals surface area contributed by atoms with E-state index < -0.39 is 60.0 Å². The molecule has 0 saturated carbocycles. The molecule has 6 aliphatic rings. The molecular formula is C88H101B3F5NO6. The summed E-state index contributed by atoms with van der Waals surface area (Å²) in [6.07, 6.45) is 8.09. The highest BCUT2D eigenvalue weighted by molar-refractivity contribution is 6.63. The molecular weight excluding hydrogens is 1290 g/mol. The van der Waals surface area contributed by atoms with Crippen LogP contribution in [-0.4, -0.2) is 55.5 Å². The van der Waals surface area contributed by atoms with Crippen molar-refractivity contribution in [2.75, 3.05) is 0 Å². The lowest BCUT2D eigenvalue weighted by Crippen LogP contribution is -2.41. The van der Waals surface area contributed by atoms with E-state index in [1.54, 1.807) is 12.1 Å². The van der Waals surface area contributed by atoms with E-state index in [-0.39, 0.29) is 35.1 Å². The maximum Gasteiger partial charge on any atom is 0.494 e. The van der Waals surface area contributed by atoms with Crippen LogP contribution in [0.4, 0.5) is 22.0 Å². The van der Waals surface area contributed by atoms with Gasteiger partial charge in [0.1, 0.15) is 11.6 Å². The van der Waals surface area contributed by atoms with E-state index in [0.717, 1.165) is 122 Å². The minimum atomic E-state index is -4.34. The minimum absolute atomic E-state index is 0.0449. The quantitative estimate of drug-likeness (QED) is 0.0664. The average molecular weight is 1400 g/mol. The third kappa shape index (κ3) is 13.4. The Labute approximate surface area is 610 Å². The highest BCUT2D eigenvalue weighted by Crippen LogP contribution is 2.58. The van der Waals surface area contributed by atoms with E-state index in [0.29, 0.717) is 5.56 Å². The van der Waals surface area contributed by atoms with Gasteiger partial charge in [0.05, 0.1) is 51.3 Å². The molecule has 15 heteroatoms. The molecule has 103 heavy (non-hydrogen) atoms. The molecule has 0 radical (unpaired) electrons. The topological polar surface area (TPSA) is 79.2 Å². The standard InChI is InChI=1S/C32H36BF3O2.C31H35BF2O2.C25H30BNO2/c1-7-17-31(18-8-2)27-19-22(21-9-12-23(13-10-21)32(34,35)36)11-15-25(27)26-16-14-24(20-28(26)31)33-37-29(3,4)30(5,6)38-33;1-7-15-31(16-8-2)26-17-20(23-14-11-22(33)19-28(23)34)9-12-24(26)25-13-10-21(18-27(25)31)32-35-29(3,4)30(5,6)36-32;1-6-12-25(13-7-2)22-14-18(16-27)8-10-20(22)21-11-9-19(15-23(21)25)26-28-17(3)24(4,5)29-26/h9-16,19-20H,7-8,17-18H2,1-6H3;9-14,17-19H,7-8,15-16H2,1-6H3;8-11,14-15,17H,6-7,12-13H2,1-5H3. The first-order valence-corrected chi connectivity index (χ1v) is 37.7. The summed E-state index contributed by atoms with van der Waals surface area (Å²) in [6.45, 7) is 36.2. The lowest BCUT2D eigenvalue weighted by molar-refractivity contribution is -0.137. The molecule has 0 N–H and O–H groups in total. The summed E-state index contributed by atoms with van der Waals surface area (Å²) in [5.41, 5.74) is 19.0. The number of rotatable bonds is 17. The van der Waals surface area contributed by atoms with Crippen LogP contribution in [0.2, 0.25) is 0 Å². The van der Waals surface area contributed by atoms with Crippen LogP contribution in [-0.2, 0) is 50.3 Å². The molecule has 3 saturated heterocycles. The van der Waals surface area contributed by atoms with E-state index in [4.69, 9.17) is 27.9 Å². The molecule has 3 aliphatic carbocycles. The van der Waals surface area contributed by atoms with E-state index >= 15 is 0 Å². The SMILES string of the molecule is CCCC1(CCC)c2cc(B3OC(C)(C)C(C)(C)O3)ccc2-c2ccc(-c3ccc(C(F)(F)F)cc3)cc21.CCCC1(CCC)c2cc(B3OC(C)(C)C(C)(C)O3)ccc2-c2ccc(-c3ccc(F)cc3F)cc21.CCCC1(CCC)c2cc(C#N)ccc2-c2ccc(B3OC(C)C(C)(C)O3)cc21. The van der Waals surface area contributed by atoms with Crippen LogP contribution in [0.25, 0.3) is 55.6 Å². The van der Waals surface area contributed by atoms with Gasteiger partial charge in [-0.2, -0.15) is 18.4 Å². The molecule has 0 aromatic heterocycles. The van der Waals surface area contributed by atoms with Gasteiger partial charge in [-0.05, 0) is 263 Å². The predicted molar refractivity (Wildman–Crippen MR) is 410 cm³/mol. The molecule has 0 amide bonds. The Bertz CT molecular complexity index is 4480. The zero-order chi connectivity index (χ0) is 74.2. The lowest BCUT2D eigenvalue weighted by Gasteiger charge is -2.32. The van der Waals surface area contributed by atoms with Crippen molar-refractivity contribution in [1.82, 2.24) is 0 Å². The Morgan fingerprint density at radius 3 is 1.07 bits per heavy atom. The fourth-order valence-electron chi connectivity index (χ4n) is 17.4. The van der Waals surface area contributed by atoms with Crippen molar-refractivity contribution in [3.63, 3.8) is 0 Å². The lowest BCUT2D eigenvalue weighted by atomic mass is 9.69. The monoisotopic (exact) mass is 1400 g/mol. The molecule has 0 bridgehead atoms. The highest BCUT2D eigenvalue weighted by atomic mass is 19.4. The van der Waals surface area contributed by atoms with Crippen LogP contribution in [0, 0.1) is 23.0 Å². The molecule has 1 atom stereocenters. The van der Waals surface area contributed by atoms with Crippen LogP contribution in [0.1, 0.15) is 239 Å². The van der Waals surface area contributed by atoms with Crippen molar-refractivity contribution in [2.45, 2.75) is 251 Å². The molecule has 0 spiro atoms. The first-order chi connectivity index (χ1) is 48.7. The molecule has 1 unspecified atom stereocenters. The molecule has 14 rings (SSSR count). The maximum atomic E-state index is 14.7. The largest absolute Gasteiger partial charge is 0.494 e. The second kappa shape index (κ2) is 28.3. The number of fused-ring (bicyclic) bond motifs is 9. The van der Waals surface area contributed by atoms with Crippen LogP contribution in [0.5, 0.6) is 0 Å². The zero-order valence-electron chi connectivity index (χ0n) is 63.5. The normalized spacial score (nSPS) is 19.5. The van der Waals surface area contributed by atoms with Gasteiger partial charge >= 0.3 is 27.5 Å². The first-order valence-electron chi connectivity index (χ1n) is 37.7. The van der Waals surface area contributed by atoms with Gasteiger partial charge in [-0.25, -0.2) is 8.78 Å². The molecule has 3 heterocycles. The smallest absolute Gasteiger partial charge is 0.402 e. The third-order valence-electron chi connectivity index (χ3n) is 24.2. The summed E-state index contributed by atoms with van der Waals surface area (Å²) in [5, 5.41) is 9.49. The van der Waals surface area contributed by atoms with Gasteiger partial charge in [-0.1, -0.05) is 177 Å². The number of hydrogen-bond acceptors (Lipinski definition) is 7. The third-order valence-corrected chi connectivity index (χ3v) is 24.2. The Morgan fingerprint density at radius 1 is 0.379 bits per heavy atom. The number of nitriles is 1. The van der Waals surface area contributed by atoms with Crippen LogP contribution in [0.15, 0.2) is 152 Å². The predicted octanol–water partition coefficient (Wildman–Crippen LogP) is 21.7. The van der Waals surface area contributed by atoms with Gasteiger partial charge in [0, 0.05) is 27.9 Å². The molecule has 7 nitrogen and oxygen atoms in total. The summed E-state index contributed by atoms with van der Waals surface area (Å²) < 4.78 is 106. The summed E-state index contributed by atoms with van der Waals surface area (Å²) >= 11 is 0. The number of nitrogens with zero attached hydrogens (tertiary/aromatic N) is 1. The van der Waals surface area contributed by atoms with Gasteiger partial charge in [0.25, 0.3) is 0 Å². The Kier molecular flexibility index (Phi) is 20.7. The van der Waals surface area contributed by atoms with E-state index in [9.17, 15) is 27.2 Å². The van der Waals surface area contributed by atoms with Gasteiger partial charge in [-0.3, -0.25) is 0 Å². The Hall–Kier alpha value is -7.15. The fraction of sp³-hybridized carbons (Fsp3) is 0.443. The summed E-state index contributed by atoms with van der Waals surface area (Å²) in [7, 11) is -1.18. The van der Waals surface area contributed by atoms with E-state index in [1.807, 2.05) is 18.2 Å². The highest BCUT2D eigenvalue weighted by Gasteiger charge is 2.55. The maximum absolute atomic E-state index is 14.7. The van der Waals surface area contributed by atoms with Crippen LogP contribution >= 0.6 is 0 Å². The van der Waals surface area contributed by atoms with Gasteiger partial charge in [0.15, 0.2) is 0 Å². The van der Waals surface area contributed by atoms with Gasteiger partial charge < -0.3 is 27.9 Å². The van der Waals surface area contributed by atoms with Crippen molar-refractivity contribution < 1.29 is 49.9 Å². The second-order valence-electron chi connectivity index (χ2n) is 32.3. The van der Waals surface area contributed by atoms with Gasteiger partial charge in [0.2, 0.25) is 0 Å². The van der Waals surface area contributed by atoms with Crippen molar-refractivity contribution in [2.24, 2.45) is 0 Å². The number of halogens is 5. The number of alkyl halides is 3. The van der Waals surface area contributed by atoms with Crippen molar-refractivity contribution >= 4 is 37.7 Å². The minimum Gasteiger partial charge on any atom is -0.402 e. The molecule has 8 aromatic carbocycles. The Morgan fingerprint density at radius 2 is 0.709 bits per heavy atom. The van der Waals surface area contributed by atoms with Gasteiger partial charge in [-0.15, -0.1) is 0 Å². The second-order valence-corrected chi connectivity index (χ2v) is 32.3. The van der Waals surface area contributed by atoms with E-state index in [2.05, 4.69) is 215 Å². The van der Waals surface area contributed by atoms with Crippen LogP contribution < -0.4 is 16.4 Å². The summed E-state index contributed by atoms with van der Waals surface area (Å²) in [5.74, 6) is -1.10. The van der Waals surface area contributed by atoms with Crippen molar-refractivity contribution in [1.29, 1.82) is 5.26 Å². The van der Waals surface area contributed by atoms with Crippen molar-refractivity contribution in [3.8, 4) is 61.7 Å². The summed E-state index contributed by atoms with van der Waals surface area (Å²) in [6, 6.07) is 50.2. The average Bonchev–Trinajstić information content (AvgIpc) is 1.57. The summed E-state index contributed by atoms with van der Waals surface area (Å²) in [4.78, 5) is 0. The zero-order valence-corrected chi connectivity index (χ0v) is 63.5. The molecule has 8 aromatic rings. The van der Waals surface area contributed by atoms with E-state index in [1.165, 1.54) is 91.0 Å². The van der Waals surface area contributed by atoms with Crippen molar-refractivity contribution in [3.05, 3.63) is 208 Å². The Balaban J connectivity index is 0.000000147. The van der Waals surface area contributed by atoms with Crippen LogP contribution in [0.3, 0.4) is 0 Å². The molecule has 538 valence electrons. The number of hydrogen-bond donors (Lipinski definition) is 0. The molecule has 3 aliphatic heterocycles. The fourth-order valence-corrected chi connectivity index (χ4v) is 17.4. The number of benzene rings is 8. The first kappa shape index (κ1) is 75.5. The molecule has 3 fully saturated rings.